The zero-order chi connectivity index (χ0) is 20.9. The summed E-state index contributed by atoms with van der Waals surface area (Å²) in [5.41, 5.74) is 1.38. The van der Waals surface area contributed by atoms with Gasteiger partial charge < -0.3 is 15.2 Å². The van der Waals surface area contributed by atoms with Crippen molar-refractivity contribution in [2.75, 3.05) is 11.9 Å². The van der Waals surface area contributed by atoms with Crippen LogP contribution >= 0.6 is 0 Å². The molecule has 0 aromatic heterocycles. The molecular weight excluding hydrogens is 366 g/mol. The zero-order valence-electron chi connectivity index (χ0n) is 16.4. The molecule has 148 valence electrons. The Morgan fingerprint density at radius 2 is 1.34 bits per heavy atom. The number of ether oxygens (including phenoxy) is 1. The lowest BCUT2D eigenvalue weighted by molar-refractivity contribution is -0.163. The van der Waals surface area contributed by atoms with Crippen LogP contribution in [0.1, 0.15) is 22.3 Å². The van der Waals surface area contributed by atoms with E-state index in [9.17, 15) is 14.7 Å². The van der Waals surface area contributed by atoms with Crippen molar-refractivity contribution >= 4 is 17.6 Å². The third-order valence-corrected chi connectivity index (χ3v) is 4.52. The summed E-state index contributed by atoms with van der Waals surface area (Å²) in [6.07, 6.45) is 0. The van der Waals surface area contributed by atoms with Gasteiger partial charge in [0.1, 0.15) is 0 Å². The maximum atomic E-state index is 12.9. The number of aryl methyl sites for hydroxylation is 2. The van der Waals surface area contributed by atoms with E-state index in [1.807, 2.05) is 32.0 Å². The number of amides is 1. The first kappa shape index (κ1) is 20.3. The number of aliphatic hydroxyl groups is 1. The van der Waals surface area contributed by atoms with Gasteiger partial charge in [0.15, 0.2) is 6.61 Å². The van der Waals surface area contributed by atoms with Crippen LogP contribution in [0.25, 0.3) is 0 Å². The molecule has 0 bridgehead atoms. The summed E-state index contributed by atoms with van der Waals surface area (Å²) in [5, 5.41) is 14.0. The molecule has 29 heavy (non-hydrogen) atoms. The van der Waals surface area contributed by atoms with E-state index >= 15 is 0 Å². The molecule has 2 N–H and O–H groups in total. The number of esters is 1. The Hall–Kier alpha value is -3.44. The van der Waals surface area contributed by atoms with Crippen molar-refractivity contribution in [3.63, 3.8) is 0 Å². The molecule has 5 nitrogen and oxygen atoms in total. The van der Waals surface area contributed by atoms with Crippen LogP contribution in [-0.2, 0) is 19.9 Å². The highest BCUT2D eigenvalue weighted by atomic mass is 16.6. The maximum Gasteiger partial charge on any atom is 0.348 e. The van der Waals surface area contributed by atoms with Crippen LogP contribution in [0.15, 0.2) is 78.9 Å². The van der Waals surface area contributed by atoms with Crippen molar-refractivity contribution in [2.45, 2.75) is 19.4 Å². The Labute approximate surface area is 170 Å². The highest BCUT2D eigenvalue weighted by Gasteiger charge is 2.41. The van der Waals surface area contributed by atoms with Gasteiger partial charge in [-0.1, -0.05) is 66.7 Å². The Morgan fingerprint density at radius 3 is 1.83 bits per heavy atom. The average molecular weight is 389 g/mol. The maximum absolute atomic E-state index is 12.9. The van der Waals surface area contributed by atoms with E-state index in [1.165, 1.54) is 0 Å². The third kappa shape index (κ3) is 4.70. The average Bonchev–Trinajstić information content (AvgIpc) is 2.72. The topological polar surface area (TPSA) is 75.6 Å². The van der Waals surface area contributed by atoms with Crippen molar-refractivity contribution in [1.82, 2.24) is 0 Å². The first-order valence-corrected chi connectivity index (χ1v) is 9.28. The van der Waals surface area contributed by atoms with Gasteiger partial charge in [-0.25, -0.2) is 4.79 Å². The smallest absolute Gasteiger partial charge is 0.348 e. The Morgan fingerprint density at radius 1 is 0.862 bits per heavy atom. The summed E-state index contributed by atoms with van der Waals surface area (Å²) in [4.78, 5) is 25.1. The molecule has 0 spiro atoms. The Kier molecular flexibility index (Phi) is 6.10. The van der Waals surface area contributed by atoms with Gasteiger partial charge in [-0.3, -0.25) is 4.79 Å². The summed E-state index contributed by atoms with van der Waals surface area (Å²) in [7, 11) is 0. The van der Waals surface area contributed by atoms with Gasteiger partial charge >= 0.3 is 5.97 Å². The predicted molar refractivity (Wildman–Crippen MR) is 111 cm³/mol. The van der Waals surface area contributed by atoms with Gasteiger partial charge in [0.2, 0.25) is 5.60 Å². The van der Waals surface area contributed by atoms with Crippen LogP contribution in [0, 0.1) is 13.8 Å². The summed E-state index contributed by atoms with van der Waals surface area (Å²) in [6, 6.07) is 22.7. The van der Waals surface area contributed by atoms with E-state index in [2.05, 4.69) is 5.32 Å². The van der Waals surface area contributed by atoms with Crippen molar-refractivity contribution < 1.29 is 19.4 Å². The molecule has 0 saturated carbocycles. The summed E-state index contributed by atoms with van der Waals surface area (Å²) in [6.45, 7) is 3.36. The molecule has 0 fully saturated rings. The molecule has 0 heterocycles. The predicted octanol–water partition coefficient (Wildman–Crippen LogP) is 3.72. The second kappa shape index (κ2) is 8.71. The van der Waals surface area contributed by atoms with E-state index < -0.39 is 24.1 Å². The molecule has 1 amide bonds. The van der Waals surface area contributed by atoms with Crippen LogP contribution in [0.2, 0.25) is 0 Å². The number of nitrogens with one attached hydrogen (secondary N) is 1. The quantitative estimate of drug-likeness (QED) is 0.630. The molecule has 3 aromatic rings. The van der Waals surface area contributed by atoms with Crippen molar-refractivity contribution in [3.8, 4) is 0 Å². The fraction of sp³-hybridized carbons (Fsp3) is 0.167. The first-order chi connectivity index (χ1) is 13.9. The van der Waals surface area contributed by atoms with Gasteiger partial charge in [0.05, 0.1) is 0 Å². The molecule has 0 atom stereocenters. The zero-order valence-corrected chi connectivity index (χ0v) is 16.4. The highest BCUT2D eigenvalue weighted by Crippen LogP contribution is 2.31. The second-order valence-electron chi connectivity index (χ2n) is 6.94. The fourth-order valence-electron chi connectivity index (χ4n) is 3.24. The molecule has 3 rings (SSSR count). The lowest BCUT2D eigenvalue weighted by Crippen LogP contribution is -2.39. The highest BCUT2D eigenvalue weighted by molar-refractivity contribution is 5.94. The molecule has 0 unspecified atom stereocenters. The Bertz CT molecular complexity index is 940. The lowest BCUT2D eigenvalue weighted by Gasteiger charge is -2.27. The molecule has 0 aliphatic rings. The number of hydrogen-bond donors (Lipinski definition) is 2. The molecule has 3 aromatic carbocycles. The molecule has 0 aliphatic carbocycles. The number of carbonyl (C=O) groups excluding carboxylic acids is 2. The molecule has 5 heteroatoms. The number of rotatable bonds is 6. The van der Waals surface area contributed by atoms with Gasteiger partial charge in [-0.2, -0.15) is 0 Å². The normalized spacial score (nSPS) is 11.0. The van der Waals surface area contributed by atoms with Crippen molar-refractivity contribution in [1.29, 1.82) is 0 Å². The number of benzene rings is 3. The summed E-state index contributed by atoms with van der Waals surface area (Å²) >= 11 is 0. The summed E-state index contributed by atoms with van der Waals surface area (Å²) < 4.78 is 5.21. The van der Waals surface area contributed by atoms with Crippen LogP contribution in [0.4, 0.5) is 5.69 Å². The van der Waals surface area contributed by atoms with E-state index in [-0.39, 0.29) is 0 Å². The van der Waals surface area contributed by atoms with Crippen LogP contribution in [0.5, 0.6) is 0 Å². The van der Waals surface area contributed by atoms with Crippen LogP contribution < -0.4 is 5.32 Å². The van der Waals surface area contributed by atoms with Crippen LogP contribution in [-0.4, -0.2) is 23.6 Å². The molecule has 0 saturated heterocycles. The third-order valence-electron chi connectivity index (χ3n) is 4.52. The number of hydrogen-bond acceptors (Lipinski definition) is 4. The van der Waals surface area contributed by atoms with E-state index in [4.69, 9.17) is 4.74 Å². The molecular formula is C24H23NO4. The second-order valence-corrected chi connectivity index (χ2v) is 6.94. The van der Waals surface area contributed by atoms with E-state index in [0.717, 1.165) is 11.1 Å². The minimum atomic E-state index is -2.01. The van der Waals surface area contributed by atoms with Gasteiger partial charge in [-0.15, -0.1) is 0 Å². The van der Waals surface area contributed by atoms with Crippen LogP contribution in [0.3, 0.4) is 0 Å². The van der Waals surface area contributed by atoms with Gasteiger partial charge in [0.25, 0.3) is 5.91 Å². The van der Waals surface area contributed by atoms with E-state index in [0.29, 0.717) is 16.8 Å². The SMILES string of the molecule is Cc1cc(C)cc(NC(=O)COC(=O)C(O)(c2ccccc2)c2ccccc2)c1. The summed E-state index contributed by atoms with van der Waals surface area (Å²) in [5.74, 6) is -1.39. The standard InChI is InChI=1S/C24H23NO4/c1-17-13-18(2)15-21(14-17)25-22(26)16-29-23(27)24(28,19-9-5-3-6-10-19)20-11-7-4-8-12-20/h3-15,28H,16H2,1-2H3,(H,25,26). The Balaban J connectivity index is 1.76. The van der Waals surface area contributed by atoms with Gasteiger partial charge in [-0.05, 0) is 48.2 Å². The van der Waals surface area contributed by atoms with Crippen molar-refractivity contribution in [2.24, 2.45) is 0 Å². The fourth-order valence-corrected chi connectivity index (χ4v) is 3.24. The first-order valence-electron chi connectivity index (χ1n) is 9.28. The molecule has 0 radical (unpaired) electrons. The van der Waals surface area contributed by atoms with E-state index in [1.54, 1.807) is 60.7 Å². The number of carbonyl (C=O) groups is 2. The molecule has 0 aliphatic heterocycles. The minimum absolute atomic E-state index is 0.367. The van der Waals surface area contributed by atoms with Gasteiger partial charge in [0, 0.05) is 5.69 Å². The lowest BCUT2D eigenvalue weighted by atomic mass is 9.86. The monoisotopic (exact) mass is 389 g/mol. The minimum Gasteiger partial charge on any atom is -0.453 e. The number of anilines is 1. The van der Waals surface area contributed by atoms with Crippen molar-refractivity contribution in [3.05, 3.63) is 101 Å². The largest absolute Gasteiger partial charge is 0.453 e.